The number of nitrogens with zero attached hydrogens (tertiary/aromatic N) is 1. The summed E-state index contributed by atoms with van der Waals surface area (Å²) in [5.74, 6) is 0.568. The smallest absolute Gasteiger partial charge is 0.317 e. The predicted molar refractivity (Wildman–Crippen MR) is 82.2 cm³/mol. The molecule has 2 amide bonds. The number of amides is 2. The highest BCUT2D eigenvalue weighted by atomic mass is 32.1. The first-order chi connectivity index (χ1) is 9.56. The van der Waals surface area contributed by atoms with Gasteiger partial charge in [0.05, 0.1) is 6.04 Å². The van der Waals surface area contributed by atoms with Crippen molar-refractivity contribution in [2.24, 2.45) is 5.92 Å². The monoisotopic (exact) mass is 296 g/mol. The van der Waals surface area contributed by atoms with Crippen LogP contribution in [0.5, 0.6) is 0 Å². The van der Waals surface area contributed by atoms with E-state index in [0.717, 1.165) is 32.6 Å². The summed E-state index contributed by atoms with van der Waals surface area (Å²) in [6, 6.07) is 4.26. The van der Waals surface area contributed by atoms with Crippen LogP contribution in [0, 0.1) is 12.8 Å². The molecule has 2 rings (SSSR count). The van der Waals surface area contributed by atoms with Crippen LogP contribution in [0.1, 0.15) is 35.6 Å². The van der Waals surface area contributed by atoms with E-state index in [1.54, 1.807) is 16.2 Å². The molecule has 1 N–H and O–H groups in total. The maximum Gasteiger partial charge on any atom is 0.317 e. The zero-order valence-electron chi connectivity index (χ0n) is 12.5. The lowest BCUT2D eigenvalue weighted by molar-refractivity contribution is 0.0585. The first kappa shape index (κ1) is 15.3. The van der Waals surface area contributed by atoms with Gasteiger partial charge < -0.3 is 15.0 Å². The molecular formula is C15H24N2O2S. The summed E-state index contributed by atoms with van der Waals surface area (Å²) >= 11 is 1.74. The van der Waals surface area contributed by atoms with Crippen LogP contribution in [-0.2, 0) is 4.74 Å². The number of hydrogen-bond donors (Lipinski definition) is 1. The van der Waals surface area contributed by atoms with Crippen LogP contribution >= 0.6 is 11.3 Å². The fourth-order valence-electron chi connectivity index (χ4n) is 2.45. The number of aryl methyl sites for hydroxylation is 1. The number of urea groups is 1. The van der Waals surface area contributed by atoms with Crippen LogP contribution in [-0.4, -0.2) is 37.7 Å². The lowest BCUT2D eigenvalue weighted by atomic mass is 10.00. The summed E-state index contributed by atoms with van der Waals surface area (Å²) in [7, 11) is 1.87. The average molecular weight is 296 g/mol. The molecule has 0 aliphatic carbocycles. The number of thiophene rings is 1. The lowest BCUT2D eigenvalue weighted by Crippen LogP contribution is -2.41. The quantitative estimate of drug-likeness (QED) is 0.927. The van der Waals surface area contributed by atoms with Crippen LogP contribution in [0.25, 0.3) is 0 Å². The Labute approximate surface area is 125 Å². The van der Waals surface area contributed by atoms with Crippen molar-refractivity contribution in [1.29, 1.82) is 0 Å². The van der Waals surface area contributed by atoms with Gasteiger partial charge in [0.25, 0.3) is 0 Å². The molecule has 1 saturated heterocycles. The average Bonchev–Trinajstić information content (AvgIpc) is 2.86. The van der Waals surface area contributed by atoms with E-state index in [9.17, 15) is 4.79 Å². The van der Waals surface area contributed by atoms with Gasteiger partial charge in [-0.25, -0.2) is 4.79 Å². The van der Waals surface area contributed by atoms with Crippen molar-refractivity contribution in [2.45, 2.75) is 32.7 Å². The number of carbonyl (C=O) groups is 1. The minimum absolute atomic E-state index is 0.00930. The topological polar surface area (TPSA) is 41.6 Å². The third-order valence-corrected chi connectivity index (χ3v) is 4.93. The van der Waals surface area contributed by atoms with Gasteiger partial charge in [-0.15, -0.1) is 11.3 Å². The maximum absolute atomic E-state index is 12.2. The van der Waals surface area contributed by atoms with Crippen molar-refractivity contribution in [2.75, 3.05) is 26.8 Å². The van der Waals surface area contributed by atoms with Crippen molar-refractivity contribution < 1.29 is 9.53 Å². The third kappa shape index (κ3) is 4.21. The SMILES string of the molecule is Cc1ccc(C(C)NC(=O)N(C)CC2CCOCC2)s1. The van der Waals surface area contributed by atoms with Crippen LogP contribution in [0.15, 0.2) is 12.1 Å². The molecule has 5 heteroatoms. The molecule has 0 bridgehead atoms. The van der Waals surface area contributed by atoms with Gasteiger partial charge in [0.2, 0.25) is 0 Å². The van der Waals surface area contributed by atoms with Crippen molar-refractivity contribution in [1.82, 2.24) is 10.2 Å². The Morgan fingerprint density at radius 1 is 1.50 bits per heavy atom. The highest BCUT2D eigenvalue weighted by molar-refractivity contribution is 7.12. The largest absolute Gasteiger partial charge is 0.381 e. The number of ether oxygens (including phenoxy) is 1. The van der Waals surface area contributed by atoms with Crippen LogP contribution in [0.3, 0.4) is 0 Å². The van der Waals surface area contributed by atoms with Crippen molar-refractivity contribution >= 4 is 17.4 Å². The molecule has 0 aromatic carbocycles. The van der Waals surface area contributed by atoms with Crippen LogP contribution in [0.2, 0.25) is 0 Å². The zero-order valence-corrected chi connectivity index (χ0v) is 13.3. The molecule has 0 saturated carbocycles. The molecule has 1 unspecified atom stereocenters. The number of nitrogens with one attached hydrogen (secondary N) is 1. The first-order valence-electron chi connectivity index (χ1n) is 7.22. The van der Waals surface area contributed by atoms with Gasteiger partial charge in [0.1, 0.15) is 0 Å². The first-order valence-corrected chi connectivity index (χ1v) is 8.03. The molecule has 20 heavy (non-hydrogen) atoms. The number of carbonyl (C=O) groups excluding carboxylic acids is 1. The molecule has 1 aliphatic rings. The highest BCUT2D eigenvalue weighted by Crippen LogP contribution is 2.22. The third-order valence-electron chi connectivity index (χ3n) is 3.75. The van der Waals surface area contributed by atoms with E-state index < -0.39 is 0 Å². The normalized spacial score (nSPS) is 17.8. The summed E-state index contributed by atoms with van der Waals surface area (Å²) in [5, 5.41) is 3.07. The molecule has 112 valence electrons. The lowest BCUT2D eigenvalue weighted by Gasteiger charge is -2.28. The number of hydrogen-bond acceptors (Lipinski definition) is 3. The summed E-state index contributed by atoms with van der Waals surface area (Å²) in [6.45, 7) is 6.58. The van der Waals surface area contributed by atoms with E-state index in [2.05, 4.69) is 24.4 Å². The Balaban J connectivity index is 1.81. The summed E-state index contributed by atoms with van der Waals surface area (Å²) in [6.07, 6.45) is 2.11. The Bertz CT molecular complexity index is 441. The number of rotatable bonds is 4. The second-order valence-electron chi connectivity index (χ2n) is 5.56. The maximum atomic E-state index is 12.2. The van der Waals surface area contributed by atoms with Gasteiger partial charge >= 0.3 is 6.03 Å². The molecule has 2 heterocycles. The van der Waals surface area contributed by atoms with Crippen molar-refractivity contribution in [3.8, 4) is 0 Å². The molecule has 1 atom stereocenters. The summed E-state index contributed by atoms with van der Waals surface area (Å²) in [5.41, 5.74) is 0. The van der Waals surface area contributed by atoms with Gasteiger partial charge in [-0.2, -0.15) is 0 Å². The van der Waals surface area contributed by atoms with E-state index in [-0.39, 0.29) is 12.1 Å². The standard InChI is InChI=1S/C15H24N2O2S/c1-11-4-5-14(20-11)12(2)16-15(18)17(3)10-13-6-8-19-9-7-13/h4-5,12-13H,6-10H2,1-3H3,(H,16,18). The molecule has 1 aromatic rings. The van der Waals surface area contributed by atoms with E-state index >= 15 is 0 Å². The fraction of sp³-hybridized carbons (Fsp3) is 0.667. The minimum Gasteiger partial charge on any atom is -0.381 e. The predicted octanol–water partition coefficient (Wildman–Crippen LogP) is 3.19. The Morgan fingerprint density at radius 3 is 2.80 bits per heavy atom. The van der Waals surface area contributed by atoms with E-state index in [0.29, 0.717) is 5.92 Å². The van der Waals surface area contributed by atoms with Gasteiger partial charge in [0.15, 0.2) is 0 Å². The molecule has 1 aromatic heterocycles. The van der Waals surface area contributed by atoms with Gasteiger partial charge in [0, 0.05) is 36.6 Å². The minimum atomic E-state index is 0.00930. The summed E-state index contributed by atoms with van der Waals surface area (Å²) < 4.78 is 5.35. The molecule has 4 nitrogen and oxygen atoms in total. The molecule has 0 radical (unpaired) electrons. The highest BCUT2D eigenvalue weighted by Gasteiger charge is 2.20. The molecule has 1 fully saturated rings. The molecule has 1 aliphatic heterocycles. The Morgan fingerprint density at radius 2 is 2.20 bits per heavy atom. The van der Waals surface area contributed by atoms with Crippen LogP contribution < -0.4 is 5.32 Å². The van der Waals surface area contributed by atoms with E-state index in [1.165, 1.54) is 9.75 Å². The van der Waals surface area contributed by atoms with Gasteiger partial charge in [-0.05, 0) is 44.7 Å². The van der Waals surface area contributed by atoms with E-state index in [1.807, 2.05) is 14.0 Å². The second kappa shape index (κ2) is 7.09. The van der Waals surface area contributed by atoms with Crippen molar-refractivity contribution in [3.63, 3.8) is 0 Å². The molecular weight excluding hydrogens is 272 g/mol. The molecule has 0 spiro atoms. The second-order valence-corrected chi connectivity index (χ2v) is 6.88. The summed E-state index contributed by atoms with van der Waals surface area (Å²) in [4.78, 5) is 16.5. The fourth-order valence-corrected chi connectivity index (χ4v) is 3.33. The van der Waals surface area contributed by atoms with Crippen LogP contribution in [0.4, 0.5) is 4.79 Å². The Hall–Kier alpha value is -1.07. The van der Waals surface area contributed by atoms with Gasteiger partial charge in [-0.3, -0.25) is 0 Å². The Kier molecular flexibility index (Phi) is 5.43. The van der Waals surface area contributed by atoms with Crippen molar-refractivity contribution in [3.05, 3.63) is 21.9 Å². The van der Waals surface area contributed by atoms with Gasteiger partial charge in [-0.1, -0.05) is 0 Å². The zero-order chi connectivity index (χ0) is 14.5. The van der Waals surface area contributed by atoms with E-state index in [4.69, 9.17) is 4.74 Å².